The smallest absolute Gasteiger partial charge is 0.120 e. The molecule has 0 aliphatic carbocycles. The quantitative estimate of drug-likeness (QED) is 0.335. The number of nitriles is 1. The Bertz CT molecular complexity index is 957. The van der Waals surface area contributed by atoms with Crippen molar-refractivity contribution in [3.8, 4) is 11.8 Å². The first kappa shape index (κ1) is 18.3. The molecule has 0 aliphatic heterocycles. The van der Waals surface area contributed by atoms with Crippen LogP contribution in [-0.2, 0) is 6.61 Å². The van der Waals surface area contributed by atoms with Crippen molar-refractivity contribution >= 4 is 39.2 Å². The minimum atomic E-state index is 0.489. The molecule has 0 unspecified atom stereocenters. The number of hydrogen-bond donors (Lipinski definition) is 0. The first-order valence-corrected chi connectivity index (χ1v) is 9.16. The van der Waals surface area contributed by atoms with Gasteiger partial charge in [-0.25, -0.2) is 0 Å². The molecule has 0 amide bonds. The number of hydrogen-bond acceptors (Lipinski definition) is 2. The van der Waals surface area contributed by atoms with Gasteiger partial charge in [0, 0.05) is 9.50 Å². The van der Waals surface area contributed by atoms with Crippen LogP contribution in [0.25, 0.3) is 11.6 Å². The summed E-state index contributed by atoms with van der Waals surface area (Å²) in [5.41, 5.74) is 3.41. The molecular formula is C22H15BrClNO. The summed E-state index contributed by atoms with van der Waals surface area (Å²) in [6.07, 6.45) is 1.84. The van der Waals surface area contributed by atoms with Gasteiger partial charge in [0.1, 0.15) is 12.4 Å². The molecule has 0 saturated carbocycles. The Labute approximate surface area is 166 Å². The van der Waals surface area contributed by atoms with Crippen molar-refractivity contribution in [2.45, 2.75) is 6.61 Å². The van der Waals surface area contributed by atoms with Crippen molar-refractivity contribution in [3.63, 3.8) is 0 Å². The van der Waals surface area contributed by atoms with E-state index in [1.165, 1.54) is 0 Å². The Kier molecular flexibility index (Phi) is 6.12. The van der Waals surface area contributed by atoms with Crippen LogP contribution in [0.4, 0.5) is 0 Å². The molecule has 3 aromatic rings. The minimum absolute atomic E-state index is 0.489. The van der Waals surface area contributed by atoms with Gasteiger partial charge in [0.2, 0.25) is 0 Å². The molecule has 0 radical (unpaired) electrons. The van der Waals surface area contributed by atoms with E-state index in [0.717, 1.165) is 26.9 Å². The van der Waals surface area contributed by atoms with Gasteiger partial charge in [-0.3, -0.25) is 0 Å². The van der Waals surface area contributed by atoms with Crippen LogP contribution in [-0.4, -0.2) is 0 Å². The Morgan fingerprint density at radius 2 is 1.77 bits per heavy atom. The van der Waals surface area contributed by atoms with E-state index >= 15 is 0 Å². The van der Waals surface area contributed by atoms with Crippen LogP contribution in [0.2, 0.25) is 5.02 Å². The molecule has 26 heavy (non-hydrogen) atoms. The molecule has 2 nitrogen and oxygen atoms in total. The molecule has 0 spiro atoms. The third kappa shape index (κ3) is 4.98. The van der Waals surface area contributed by atoms with Crippen molar-refractivity contribution in [2.24, 2.45) is 0 Å². The normalized spacial score (nSPS) is 11.0. The first-order valence-electron chi connectivity index (χ1n) is 7.99. The second-order valence-electron chi connectivity index (χ2n) is 5.66. The second-order valence-corrected chi connectivity index (χ2v) is 7.02. The van der Waals surface area contributed by atoms with Gasteiger partial charge in [-0.2, -0.15) is 5.26 Å². The zero-order valence-corrected chi connectivity index (χ0v) is 16.2. The third-order valence-corrected chi connectivity index (χ3v) is 4.54. The van der Waals surface area contributed by atoms with Gasteiger partial charge < -0.3 is 4.74 Å². The zero-order chi connectivity index (χ0) is 18.4. The summed E-state index contributed by atoms with van der Waals surface area (Å²) in [6.45, 7) is 0.489. The van der Waals surface area contributed by atoms with Crippen molar-refractivity contribution < 1.29 is 4.74 Å². The van der Waals surface area contributed by atoms with Crippen LogP contribution in [0.5, 0.6) is 5.75 Å². The molecule has 0 aliphatic rings. The molecule has 0 N–H and O–H groups in total. The molecular weight excluding hydrogens is 410 g/mol. The molecule has 3 rings (SSSR count). The van der Waals surface area contributed by atoms with Gasteiger partial charge in [0.05, 0.1) is 11.6 Å². The van der Waals surface area contributed by atoms with E-state index in [1.807, 2.05) is 66.7 Å². The number of ether oxygens (including phenoxy) is 1. The lowest BCUT2D eigenvalue weighted by Gasteiger charge is -2.07. The van der Waals surface area contributed by atoms with Gasteiger partial charge in [-0.1, -0.05) is 63.9 Å². The zero-order valence-electron chi connectivity index (χ0n) is 13.8. The van der Waals surface area contributed by atoms with E-state index in [4.69, 9.17) is 16.3 Å². The van der Waals surface area contributed by atoms with Crippen LogP contribution in [0.15, 0.2) is 77.3 Å². The van der Waals surface area contributed by atoms with Gasteiger partial charge in [-0.15, -0.1) is 0 Å². The number of nitrogens with zero attached hydrogens (tertiary/aromatic N) is 1. The van der Waals surface area contributed by atoms with Crippen LogP contribution in [0.3, 0.4) is 0 Å². The average Bonchev–Trinajstić information content (AvgIpc) is 2.67. The SMILES string of the molecule is N#C/C(=C/c1cccc(OCc2ccc(Br)cc2)c1)c1ccc(Cl)cc1. The van der Waals surface area contributed by atoms with E-state index in [9.17, 15) is 5.26 Å². The molecule has 0 saturated heterocycles. The van der Waals surface area contributed by atoms with E-state index in [1.54, 1.807) is 12.1 Å². The summed E-state index contributed by atoms with van der Waals surface area (Å²) < 4.78 is 6.91. The first-order chi connectivity index (χ1) is 12.6. The van der Waals surface area contributed by atoms with Gasteiger partial charge >= 0.3 is 0 Å². The van der Waals surface area contributed by atoms with Crippen LogP contribution in [0.1, 0.15) is 16.7 Å². The summed E-state index contributed by atoms with van der Waals surface area (Å²) in [5, 5.41) is 10.1. The maximum atomic E-state index is 9.47. The highest BCUT2D eigenvalue weighted by atomic mass is 79.9. The molecule has 0 aromatic heterocycles. The van der Waals surface area contributed by atoms with Crippen LogP contribution < -0.4 is 4.74 Å². The molecule has 128 valence electrons. The molecule has 4 heteroatoms. The predicted molar refractivity (Wildman–Crippen MR) is 110 cm³/mol. The standard InChI is InChI=1S/C22H15BrClNO/c23-20-8-4-16(5-9-20)15-26-22-3-1-2-17(13-22)12-19(14-25)18-6-10-21(24)11-7-18/h1-13H,15H2/b19-12-. The summed E-state index contributed by atoms with van der Waals surface area (Å²) >= 11 is 9.34. The summed E-state index contributed by atoms with van der Waals surface area (Å²) in [5.74, 6) is 0.759. The van der Waals surface area contributed by atoms with Gasteiger partial charge in [-0.05, 0) is 59.2 Å². The Hall–Kier alpha value is -2.54. The Balaban J connectivity index is 1.76. The number of allylic oxidation sites excluding steroid dienone is 1. The van der Waals surface area contributed by atoms with Crippen LogP contribution in [0, 0.1) is 11.3 Å². The molecule has 0 atom stereocenters. The van der Waals surface area contributed by atoms with Gasteiger partial charge in [0.15, 0.2) is 0 Å². The largest absolute Gasteiger partial charge is 0.489 e. The van der Waals surface area contributed by atoms with E-state index in [2.05, 4.69) is 22.0 Å². The van der Waals surface area contributed by atoms with Crippen molar-refractivity contribution in [1.82, 2.24) is 0 Å². The average molecular weight is 425 g/mol. The maximum absolute atomic E-state index is 9.47. The number of benzene rings is 3. The summed E-state index contributed by atoms with van der Waals surface area (Å²) in [7, 11) is 0. The Morgan fingerprint density at radius 1 is 1.04 bits per heavy atom. The lowest BCUT2D eigenvalue weighted by Crippen LogP contribution is -1.95. The minimum Gasteiger partial charge on any atom is -0.489 e. The van der Waals surface area contributed by atoms with Gasteiger partial charge in [0.25, 0.3) is 0 Å². The second kappa shape index (κ2) is 8.71. The van der Waals surface area contributed by atoms with Crippen molar-refractivity contribution in [2.75, 3.05) is 0 Å². The van der Waals surface area contributed by atoms with E-state index in [0.29, 0.717) is 17.2 Å². The lowest BCUT2D eigenvalue weighted by atomic mass is 10.0. The molecule has 0 bridgehead atoms. The monoisotopic (exact) mass is 423 g/mol. The van der Waals surface area contributed by atoms with E-state index < -0.39 is 0 Å². The van der Waals surface area contributed by atoms with E-state index in [-0.39, 0.29) is 0 Å². The summed E-state index contributed by atoms with van der Waals surface area (Å²) in [6, 6.07) is 25.2. The van der Waals surface area contributed by atoms with Crippen molar-refractivity contribution in [1.29, 1.82) is 5.26 Å². The lowest BCUT2D eigenvalue weighted by molar-refractivity contribution is 0.306. The van der Waals surface area contributed by atoms with Crippen LogP contribution >= 0.6 is 27.5 Å². The topological polar surface area (TPSA) is 33.0 Å². The maximum Gasteiger partial charge on any atom is 0.120 e. The highest BCUT2D eigenvalue weighted by Crippen LogP contribution is 2.22. The summed E-state index contributed by atoms with van der Waals surface area (Å²) in [4.78, 5) is 0. The number of rotatable bonds is 5. The fourth-order valence-electron chi connectivity index (χ4n) is 2.42. The highest BCUT2D eigenvalue weighted by Gasteiger charge is 2.03. The fraction of sp³-hybridized carbons (Fsp3) is 0.0455. The fourth-order valence-corrected chi connectivity index (χ4v) is 2.81. The third-order valence-electron chi connectivity index (χ3n) is 3.76. The predicted octanol–water partition coefficient (Wildman–Crippen LogP) is 6.75. The highest BCUT2D eigenvalue weighted by molar-refractivity contribution is 9.10. The molecule has 0 heterocycles. The molecule has 3 aromatic carbocycles. The molecule has 0 fully saturated rings. The van der Waals surface area contributed by atoms with Crippen molar-refractivity contribution in [3.05, 3.63) is 99.0 Å². The number of halogens is 2. The Morgan fingerprint density at radius 3 is 2.46 bits per heavy atom.